The van der Waals surface area contributed by atoms with Crippen molar-refractivity contribution in [2.45, 2.75) is 39.3 Å². The third-order valence-corrected chi connectivity index (χ3v) is 5.90. The third-order valence-electron chi connectivity index (χ3n) is 4.97. The van der Waals surface area contributed by atoms with Crippen molar-refractivity contribution in [3.63, 3.8) is 0 Å². The molecule has 3 N–H and O–H groups in total. The number of nitrogens with one attached hydrogen (secondary N) is 3. The van der Waals surface area contributed by atoms with Crippen LogP contribution in [0.5, 0.6) is 0 Å². The van der Waals surface area contributed by atoms with Crippen LogP contribution in [0.15, 0.2) is 46.8 Å². The van der Waals surface area contributed by atoms with Crippen molar-refractivity contribution in [1.82, 2.24) is 16.0 Å². The first-order valence-corrected chi connectivity index (χ1v) is 11.3. The summed E-state index contributed by atoms with van der Waals surface area (Å²) in [5, 5.41) is 13.3. The lowest BCUT2D eigenvalue weighted by molar-refractivity contribution is 0.0956. The number of nitrogens with zero attached hydrogens (tertiary/aromatic N) is 2. The van der Waals surface area contributed by atoms with Crippen LogP contribution in [0.1, 0.15) is 42.6 Å². The Kier molecular flexibility index (Phi) is 7.93. The van der Waals surface area contributed by atoms with Gasteiger partial charge >= 0.3 is 0 Å². The van der Waals surface area contributed by atoms with Gasteiger partial charge in [0, 0.05) is 37.8 Å². The molecule has 1 aromatic heterocycles. The number of hydrogen-bond donors (Lipinski definition) is 3. The third kappa shape index (κ3) is 6.22. The van der Waals surface area contributed by atoms with E-state index in [9.17, 15) is 4.79 Å². The van der Waals surface area contributed by atoms with Gasteiger partial charge in [-0.2, -0.15) is 0 Å². The largest absolute Gasteiger partial charge is 0.363 e. The van der Waals surface area contributed by atoms with E-state index in [1.165, 1.54) is 5.00 Å². The van der Waals surface area contributed by atoms with Crippen molar-refractivity contribution in [1.29, 1.82) is 0 Å². The molecule has 0 spiro atoms. The minimum atomic E-state index is -0.0357. The normalized spacial score (nSPS) is 15.2. The summed E-state index contributed by atoms with van der Waals surface area (Å²) in [5.74, 6) is 0.821. The second-order valence-corrected chi connectivity index (χ2v) is 8.03. The van der Waals surface area contributed by atoms with Crippen LogP contribution >= 0.6 is 11.3 Å². The van der Waals surface area contributed by atoms with Crippen molar-refractivity contribution in [3.8, 4) is 0 Å². The molecule has 2 aromatic rings. The van der Waals surface area contributed by atoms with Gasteiger partial charge in [-0.1, -0.05) is 12.1 Å². The number of carbonyl (C=O) groups excluding carboxylic acids is 1. The Morgan fingerprint density at radius 1 is 1.10 bits per heavy atom. The fraction of sp³-hybridized carbons (Fsp3) is 0.455. The van der Waals surface area contributed by atoms with Gasteiger partial charge in [0.1, 0.15) is 0 Å². The molecule has 6 nitrogen and oxygen atoms in total. The SMILES string of the molecule is CCNC(=O)c1ccc(CN=C(NCC)NC2CCN(c3cccs3)CC2)cc1. The Labute approximate surface area is 177 Å². The summed E-state index contributed by atoms with van der Waals surface area (Å²) >= 11 is 1.81. The molecule has 3 rings (SSSR count). The van der Waals surface area contributed by atoms with Crippen LogP contribution in [0.25, 0.3) is 0 Å². The lowest BCUT2D eigenvalue weighted by Gasteiger charge is -2.33. The topological polar surface area (TPSA) is 68.8 Å². The summed E-state index contributed by atoms with van der Waals surface area (Å²) in [7, 11) is 0. The molecule has 1 fully saturated rings. The standard InChI is InChI=1S/C22H31N5OS/c1-3-23-21(28)18-9-7-17(8-10-18)16-25-22(24-4-2)26-19-11-13-27(14-12-19)20-6-5-15-29-20/h5-10,15,19H,3-4,11-14,16H2,1-2H3,(H,23,28)(H2,24,25,26). The molecule has 0 atom stereocenters. The first kappa shape index (κ1) is 21.2. The highest BCUT2D eigenvalue weighted by Crippen LogP contribution is 2.24. The Balaban J connectivity index is 1.52. The summed E-state index contributed by atoms with van der Waals surface area (Å²) in [6.45, 7) is 8.18. The zero-order valence-corrected chi connectivity index (χ0v) is 18.1. The number of piperidine rings is 1. The van der Waals surface area contributed by atoms with E-state index < -0.39 is 0 Å². The molecule has 7 heteroatoms. The Morgan fingerprint density at radius 2 is 1.83 bits per heavy atom. The smallest absolute Gasteiger partial charge is 0.251 e. The van der Waals surface area contributed by atoms with Crippen LogP contribution in [0, 0.1) is 0 Å². The van der Waals surface area contributed by atoms with Gasteiger partial charge < -0.3 is 20.9 Å². The molecule has 1 saturated heterocycles. The predicted molar refractivity (Wildman–Crippen MR) is 122 cm³/mol. The summed E-state index contributed by atoms with van der Waals surface area (Å²) < 4.78 is 0. The molecule has 1 aliphatic rings. The summed E-state index contributed by atoms with van der Waals surface area (Å²) in [4.78, 5) is 19.1. The van der Waals surface area contributed by atoms with E-state index in [1.807, 2.05) is 42.5 Å². The fourth-order valence-electron chi connectivity index (χ4n) is 3.40. The summed E-state index contributed by atoms with van der Waals surface area (Å²) in [6.07, 6.45) is 2.20. The van der Waals surface area contributed by atoms with Crippen LogP contribution < -0.4 is 20.9 Å². The van der Waals surface area contributed by atoms with Crippen LogP contribution in [-0.2, 0) is 6.54 Å². The first-order chi connectivity index (χ1) is 14.2. The van der Waals surface area contributed by atoms with E-state index >= 15 is 0 Å². The molecule has 0 unspecified atom stereocenters. The average molecular weight is 414 g/mol. The highest BCUT2D eigenvalue weighted by Gasteiger charge is 2.20. The molecule has 0 radical (unpaired) electrons. The number of carbonyl (C=O) groups is 1. The van der Waals surface area contributed by atoms with Crippen molar-refractivity contribution in [2.75, 3.05) is 31.1 Å². The van der Waals surface area contributed by atoms with Crippen molar-refractivity contribution in [2.24, 2.45) is 4.99 Å². The molecule has 2 heterocycles. The number of hydrogen-bond acceptors (Lipinski definition) is 4. The van der Waals surface area contributed by atoms with Crippen molar-refractivity contribution >= 4 is 28.2 Å². The van der Waals surface area contributed by atoms with Crippen LogP contribution in [0.4, 0.5) is 5.00 Å². The molecule has 1 aromatic carbocycles. The lowest BCUT2D eigenvalue weighted by Crippen LogP contribution is -2.48. The van der Waals surface area contributed by atoms with Gasteiger partial charge in [-0.3, -0.25) is 4.79 Å². The molecule has 0 bridgehead atoms. The summed E-state index contributed by atoms with van der Waals surface area (Å²) in [5.41, 5.74) is 1.77. The molecule has 1 aliphatic heterocycles. The average Bonchev–Trinajstić information content (AvgIpc) is 3.28. The van der Waals surface area contributed by atoms with E-state index in [0.717, 1.165) is 44.0 Å². The number of rotatable bonds is 7. The van der Waals surface area contributed by atoms with Gasteiger partial charge in [0.05, 0.1) is 11.5 Å². The zero-order valence-electron chi connectivity index (χ0n) is 17.3. The maximum atomic E-state index is 11.9. The van der Waals surface area contributed by atoms with Crippen LogP contribution in [0.3, 0.4) is 0 Å². The maximum absolute atomic E-state index is 11.9. The van der Waals surface area contributed by atoms with Gasteiger partial charge in [0.2, 0.25) is 0 Å². The van der Waals surface area contributed by atoms with Gasteiger partial charge in [0.25, 0.3) is 5.91 Å². The fourth-order valence-corrected chi connectivity index (χ4v) is 4.19. The highest BCUT2D eigenvalue weighted by atomic mass is 32.1. The number of amides is 1. The molecular weight excluding hydrogens is 382 g/mol. The second-order valence-electron chi connectivity index (χ2n) is 7.11. The number of benzene rings is 1. The molecule has 156 valence electrons. The number of guanidine groups is 1. The predicted octanol–water partition coefficient (Wildman–Crippen LogP) is 3.22. The van der Waals surface area contributed by atoms with Crippen LogP contribution in [-0.4, -0.2) is 44.1 Å². The van der Waals surface area contributed by atoms with Gasteiger partial charge in [-0.25, -0.2) is 4.99 Å². The van der Waals surface area contributed by atoms with E-state index in [4.69, 9.17) is 4.99 Å². The minimum Gasteiger partial charge on any atom is -0.363 e. The van der Waals surface area contributed by atoms with Gasteiger partial charge in [0.15, 0.2) is 5.96 Å². The van der Waals surface area contributed by atoms with Crippen molar-refractivity contribution in [3.05, 3.63) is 52.9 Å². The minimum absolute atomic E-state index is 0.0357. The highest BCUT2D eigenvalue weighted by molar-refractivity contribution is 7.14. The van der Waals surface area contributed by atoms with E-state index in [-0.39, 0.29) is 5.91 Å². The van der Waals surface area contributed by atoms with E-state index in [0.29, 0.717) is 24.7 Å². The van der Waals surface area contributed by atoms with E-state index in [2.05, 4.69) is 45.3 Å². The molecule has 29 heavy (non-hydrogen) atoms. The number of aliphatic imine (C=N–C) groups is 1. The van der Waals surface area contributed by atoms with E-state index in [1.54, 1.807) is 0 Å². The Morgan fingerprint density at radius 3 is 2.45 bits per heavy atom. The molecule has 1 amide bonds. The van der Waals surface area contributed by atoms with Crippen LogP contribution in [0.2, 0.25) is 0 Å². The molecule has 0 saturated carbocycles. The quantitative estimate of drug-likeness (QED) is 0.482. The molecular formula is C22H31N5OS. The molecule has 0 aliphatic carbocycles. The summed E-state index contributed by atoms with van der Waals surface area (Å²) in [6, 6.07) is 12.4. The van der Waals surface area contributed by atoms with Gasteiger partial charge in [-0.15, -0.1) is 11.3 Å². The number of thiophene rings is 1. The second kappa shape index (κ2) is 10.9. The zero-order chi connectivity index (χ0) is 20.5. The lowest BCUT2D eigenvalue weighted by atomic mass is 10.1. The number of anilines is 1. The van der Waals surface area contributed by atoms with Crippen molar-refractivity contribution < 1.29 is 4.79 Å². The van der Waals surface area contributed by atoms with Gasteiger partial charge in [-0.05, 0) is 61.9 Å². The Hall–Kier alpha value is -2.54. The first-order valence-electron chi connectivity index (χ1n) is 10.4. The maximum Gasteiger partial charge on any atom is 0.251 e. The monoisotopic (exact) mass is 413 g/mol. The Bertz CT molecular complexity index is 780.